The van der Waals surface area contributed by atoms with Gasteiger partial charge in [-0.25, -0.2) is 4.39 Å². The number of nitrogens with one attached hydrogen (secondary N) is 2. The van der Waals surface area contributed by atoms with Crippen molar-refractivity contribution in [3.63, 3.8) is 0 Å². The number of likely N-dealkylation sites (tertiary alicyclic amines) is 1. The van der Waals surface area contributed by atoms with Crippen LogP contribution in [-0.4, -0.2) is 56.9 Å². The highest BCUT2D eigenvalue weighted by Gasteiger charge is 2.17. The van der Waals surface area contributed by atoms with E-state index in [4.69, 9.17) is 0 Å². The first-order valence-electron chi connectivity index (χ1n) is 8.69. The van der Waals surface area contributed by atoms with Crippen molar-refractivity contribution in [2.45, 2.75) is 24.2 Å². The van der Waals surface area contributed by atoms with Crippen LogP contribution in [0.3, 0.4) is 0 Å². The van der Waals surface area contributed by atoms with Gasteiger partial charge in [0, 0.05) is 31.6 Å². The van der Waals surface area contributed by atoms with Gasteiger partial charge in [-0.15, -0.1) is 35.7 Å². The molecule has 1 atom stereocenters. The summed E-state index contributed by atoms with van der Waals surface area (Å²) >= 11 is 1.75. The number of rotatable bonds is 7. The van der Waals surface area contributed by atoms with Gasteiger partial charge in [-0.3, -0.25) is 4.99 Å². The minimum atomic E-state index is -0.181. The lowest BCUT2D eigenvalue weighted by molar-refractivity contribution is 0.210. The smallest absolute Gasteiger partial charge is 0.190 e. The zero-order chi connectivity index (χ0) is 17.2. The number of thioether (sulfide) groups is 1. The molecule has 0 spiro atoms. The molecule has 0 aromatic heterocycles. The highest BCUT2D eigenvalue weighted by atomic mass is 127. The first kappa shape index (κ1) is 22.5. The van der Waals surface area contributed by atoms with Crippen molar-refractivity contribution in [3.05, 3.63) is 30.1 Å². The average Bonchev–Trinajstić information content (AvgIpc) is 2.59. The third-order valence-electron chi connectivity index (χ3n) is 4.20. The number of halogens is 2. The number of piperidine rings is 1. The third-order valence-corrected chi connectivity index (χ3v) is 5.30. The van der Waals surface area contributed by atoms with Gasteiger partial charge in [0.2, 0.25) is 0 Å². The maximum Gasteiger partial charge on any atom is 0.190 e. The Labute approximate surface area is 172 Å². The molecule has 1 heterocycles. The molecule has 1 aromatic carbocycles. The van der Waals surface area contributed by atoms with E-state index in [0.717, 1.165) is 42.7 Å². The molecule has 1 fully saturated rings. The van der Waals surface area contributed by atoms with E-state index in [2.05, 4.69) is 27.6 Å². The Morgan fingerprint density at radius 2 is 2.08 bits per heavy atom. The molecule has 1 saturated heterocycles. The van der Waals surface area contributed by atoms with E-state index in [1.165, 1.54) is 31.5 Å². The normalized spacial score (nSPS) is 18.5. The summed E-state index contributed by atoms with van der Waals surface area (Å²) in [6, 6.07) is 6.67. The summed E-state index contributed by atoms with van der Waals surface area (Å²) < 4.78 is 12.8. The van der Waals surface area contributed by atoms with Gasteiger partial charge < -0.3 is 15.5 Å². The van der Waals surface area contributed by atoms with E-state index in [-0.39, 0.29) is 29.8 Å². The molecule has 4 nitrogen and oxygen atoms in total. The van der Waals surface area contributed by atoms with Crippen LogP contribution in [-0.2, 0) is 0 Å². The maximum atomic E-state index is 12.8. The van der Waals surface area contributed by atoms with Crippen LogP contribution in [0.4, 0.5) is 4.39 Å². The molecule has 2 rings (SSSR count). The van der Waals surface area contributed by atoms with E-state index in [0.29, 0.717) is 5.92 Å². The summed E-state index contributed by atoms with van der Waals surface area (Å²) in [6.45, 7) is 4.25. The third kappa shape index (κ3) is 9.10. The Balaban J connectivity index is 0.00000312. The molecule has 0 radical (unpaired) electrons. The quantitative estimate of drug-likeness (QED) is 0.206. The zero-order valence-electron chi connectivity index (χ0n) is 15.1. The van der Waals surface area contributed by atoms with Crippen molar-refractivity contribution >= 4 is 41.7 Å². The van der Waals surface area contributed by atoms with Crippen LogP contribution >= 0.6 is 35.7 Å². The molecule has 0 amide bonds. The van der Waals surface area contributed by atoms with Crippen LogP contribution in [0.1, 0.15) is 19.3 Å². The summed E-state index contributed by atoms with van der Waals surface area (Å²) in [5.74, 6) is 2.41. The van der Waals surface area contributed by atoms with E-state index < -0.39 is 0 Å². The summed E-state index contributed by atoms with van der Waals surface area (Å²) in [5.41, 5.74) is 0. The van der Waals surface area contributed by atoms with E-state index >= 15 is 0 Å². The van der Waals surface area contributed by atoms with Crippen LogP contribution in [0.5, 0.6) is 0 Å². The van der Waals surface area contributed by atoms with Crippen molar-refractivity contribution in [2.75, 3.05) is 46.0 Å². The average molecular weight is 480 g/mol. The van der Waals surface area contributed by atoms with E-state index in [9.17, 15) is 4.39 Å². The van der Waals surface area contributed by atoms with Crippen LogP contribution in [0, 0.1) is 11.7 Å². The van der Waals surface area contributed by atoms with Gasteiger partial charge in [0.25, 0.3) is 0 Å². The van der Waals surface area contributed by atoms with Crippen LogP contribution < -0.4 is 10.6 Å². The number of guanidine groups is 1. The lowest BCUT2D eigenvalue weighted by Gasteiger charge is -2.30. The summed E-state index contributed by atoms with van der Waals surface area (Å²) in [5, 5.41) is 6.81. The molecule has 1 unspecified atom stereocenters. The molecular weight excluding hydrogens is 450 g/mol. The fourth-order valence-corrected chi connectivity index (χ4v) is 3.75. The van der Waals surface area contributed by atoms with Crippen molar-refractivity contribution in [2.24, 2.45) is 10.9 Å². The molecule has 142 valence electrons. The first-order valence-corrected chi connectivity index (χ1v) is 9.67. The molecule has 1 aliphatic heterocycles. The monoisotopic (exact) mass is 480 g/mol. The number of hydrogen-bond donors (Lipinski definition) is 2. The molecule has 25 heavy (non-hydrogen) atoms. The predicted octanol–water partition coefficient (Wildman–Crippen LogP) is 3.43. The van der Waals surface area contributed by atoms with Crippen LogP contribution in [0.25, 0.3) is 0 Å². The van der Waals surface area contributed by atoms with Crippen molar-refractivity contribution in [1.82, 2.24) is 15.5 Å². The summed E-state index contributed by atoms with van der Waals surface area (Å²) in [6.07, 6.45) is 3.62. The minimum absolute atomic E-state index is 0. The Bertz CT molecular complexity index is 512. The molecule has 1 aliphatic rings. The van der Waals surface area contributed by atoms with Gasteiger partial charge in [-0.05, 0) is 68.8 Å². The number of aliphatic imine (C=N–C) groups is 1. The Kier molecular flexibility index (Phi) is 11.5. The fourth-order valence-electron chi connectivity index (χ4n) is 2.90. The number of benzene rings is 1. The van der Waals surface area contributed by atoms with Crippen LogP contribution in [0.15, 0.2) is 34.2 Å². The number of nitrogens with zero attached hydrogens (tertiary/aromatic N) is 2. The highest BCUT2D eigenvalue weighted by molar-refractivity contribution is 14.0. The van der Waals surface area contributed by atoms with Gasteiger partial charge >= 0.3 is 0 Å². The van der Waals surface area contributed by atoms with Crippen LogP contribution in [0.2, 0.25) is 0 Å². The fraction of sp³-hybridized carbons (Fsp3) is 0.611. The van der Waals surface area contributed by atoms with Gasteiger partial charge in [-0.2, -0.15) is 0 Å². The lowest BCUT2D eigenvalue weighted by Crippen LogP contribution is -2.43. The second kappa shape index (κ2) is 12.8. The summed E-state index contributed by atoms with van der Waals surface area (Å²) in [4.78, 5) is 7.80. The topological polar surface area (TPSA) is 39.7 Å². The van der Waals surface area contributed by atoms with Crippen molar-refractivity contribution < 1.29 is 4.39 Å². The van der Waals surface area contributed by atoms with Crippen molar-refractivity contribution in [1.29, 1.82) is 0 Å². The largest absolute Gasteiger partial charge is 0.356 e. The van der Waals surface area contributed by atoms with Gasteiger partial charge in [-0.1, -0.05) is 0 Å². The predicted molar refractivity (Wildman–Crippen MR) is 117 cm³/mol. The summed E-state index contributed by atoms with van der Waals surface area (Å²) in [7, 11) is 4.01. The van der Waals surface area contributed by atoms with Gasteiger partial charge in [0.15, 0.2) is 5.96 Å². The second-order valence-electron chi connectivity index (χ2n) is 6.31. The Morgan fingerprint density at radius 3 is 2.76 bits per heavy atom. The first-order chi connectivity index (χ1) is 11.7. The number of hydrogen-bond acceptors (Lipinski definition) is 3. The molecule has 0 bridgehead atoms. The Hall–Kier alpha value is -0.540. The highest BCUT2D eigenvalue weighted by Crippen LogP contribution is 2.18. The minimum Gasteiger partial charge on any atom is -0.356 e. The van der Waals surface area contributed by atoms with Crippen molar-refractivity contribution in [3.8, 4) is 0 Å². The molecule has 1 aromatic rings. The second-order valence-corrected chi connectivity index (χ2v) is 7.47. The van der Waals surface area contributed by atoms with E-state index in [1.54, 1.807) is 11.8 Å². The standard InChI is InChI=1S/C18H29FN4S.HI/c1-20-18(22-13-15-5-3-11-23(2)14-15)21-10-4-12-24-17-8-6-16(19)7-9-17;/h6-9,15H,3-5,10-14H2,1-2H3,(H2,20,21,22);1H. The molecule has 7 heteroatoms. The molecule has 0 aliphatic carbocycles. The zero-order valence-corrected chi connectivity index (χ0v) is 18.3. The van der Waals surface area contributed by atoms with E-state index in [1.807, 2.05) is 19.2 Å². The Morgan fingerprint density at radius 1 is 1.32 bits per heavy atom. The molecule has 2 N–H and O–H groups in total. The SMILES string of the molecule is CN=C(NCCCSc1ccc(F)cc1)NCC1CCCN(C)C1.I. The maximum absolute atomic E-state index is 12.8. The van der Waals surface area contributed by atoms with Gasteiger partial charge in [0.05, 0.1) is 0 Å². The molecule has 0 saturated carbocycles. The molecular formula is C18H30FIN4S. The lowest BCUT2D eigenvalue weighted by atomic mass is 9.99. The van der Waals surface area contributed by atoms with Gasteiger partial charge in [0.1, 0.15) is 5.82 Å².